The maximum absolute atomic E-state index is 12.1. The summed E-state index contributed by atoms with van der Waals surface area (Å²) in [5, 5.41) is 5.10. The number of amides is 1. The Bertz CT molecular complexity index is 864. The molecule has 0 aliphatic rings. The van der Waals surface area contributed by atoms with Crippen molar-refractivity contribution >= 4 is 23.0 Å². The van der Waals surface area contributed by atoms with Crippen LogP contribution in [0.3, 0.4) is 0 Å². The van der Waals surface area contributed by atoms with Crippen LogP contribution in [0.1, 0.15) is 29.8 Å². The third-order valence-electron chi connectivity index (χ3n) is 3.48. The molecule has 5 heteroatoms. The summed E-state index contributed by atoms with van der Waals surface area (Å²) in [5.41, 5.74) is 5.02. The zero-order valence-corrected chi connectivity index (χ0v) is 13.6. The Morgan fingerprint density at radius 3 is 2.67 bits per heavy atom. The minimum Gasteiger partial charge on any atom is -0.491 e. The molecule has 0 fully saturated rings. The van der Waals surface area contributed by atoms with Gasteiger partial charge in [-0.05, 0) is 44.2 Å². The average molecular weight is 321 g/mol. The molecule has 2 aromatic carbocycles. The number of H-pyrrole nitrogens is 1. The smallest absolute Gasteiger partial charge is 0.271 e. The van der Waals surface area contributed by atoms with Crippen LogP contribution in [0.4, 0.5) is 0 Å². The summed E-state index contributed by atoms with van der Waals surface area (Å²) in [4.78, 5) is 15.3. The van der Waals surface area contributed by atoms with Gasteiger partial charge in [0.1, 0.15) is 5.75 Å². The second-order valence-corrected chi connectivity index (χ2v) is 5.68. The number of hydrazone groups is 1. The number of nitrogens with zero attached hydrogens (tertiary/aromatic N) is 1. The van der Waals surface area contributed by atoms with E-state index in [4.69, 9.17) is 4.74 Å². The number of rotatable bonds is 5. The zero-order valence-electron chi connectivity index (χ0n) is 13.6. The van der Waals surface area contributed by atoms with Crippen molar-refractivity contribution in [3.63, 3.8) is 0 Å². The predicted molar refractivity (Wildman–Crippen MR) is 95.6 cm³/mol. The van der Waals surface area contributed by atoms with Gasteiger partial charge in [0, 0.05) is 28.2 Å². The molecule has 0 bridgehead atoms. The number of carbonyl (C=O) groups is 1. The Labute approximate surface area is 140 Å². The Hall–Kier alpha value is -3.08. The molecular weight excluding hydrogens is 302 g/mol. The van der Waals surface area contributed by atoms with Crippen LogP contribution in [-0.4, -0.2) is 23.2 Å². The van der Waals surface area contributed by atoms with Crippen molar-refractivity contribution in [3.05, 3.63) is 65.9 Å². The van der Waals surface area contributed by atoms with E-state index in [9.17, 15) is 4.79 Å². The fraction of sp³-hybridized carbons (Fsp3) is 0.158. The van der Waals surface area contributed by atoms with E-state index >= 15 is 0 Å². The number of fused-ring (bicyclic) bond motifs is 1. The van der Waals surface area contributed by atoms with Gasteiger partial charge in [-0.3, -0.25) is 4.79 Å². The van der Waals surface area contributed by atoms with Crippen molar-refractivity contribution in [1.82, 2.24) is 10.4 Å². The van der Waals surface area contributed by atoms with Crippen LogP contribution in [0.2, 0.25) is 0 Å². The first kappa shape index (κ1) is 15.8. The number of aromatic nitrogens is 1. The Balaban J connectivity index is 1.64. The van der Waals surface area contributed by atoms with E-state index in [2.05, 4.69) is 15.5 Å². The zero-order chi connectivity index (χ0) is 16.9. The number of hydrogen-bond acceptors (Lipinski definition) is 3. The topological polar surface area (TPSA) is 66.5 Å². The standard InChI is InChI=1S/C19H19N3O2/c1-13(2)24-16-9-7-14(8-10-16)19(23)22-21-12-15-11-20-18-6-4-3-5-17(15)18/h3-13,20H,1-2H3,(H,22,23)/b21-12+. The Morgan fingerprint density at radius 2 is 1.92 bits per heavy atom. The first-order chi connectivity index (χ1) is 11.6. The molecular formula is C19H19N3O2. The van der Waals surface area contributed by atoms with Gasteiger partial charge in [0.25, 0.3) is 5.91 Å². The Kier molecular flexibility index (Phi) is 4.61. The molecule has 122 valence electrons. The molecule has 3 aromatic rings. The Morgan fingerprint density at radius 1 is 1.17 bits per heavy atom. The average Bonchev–Trinajstić information content (AvgIpc) is 2.98. The number of ether oxygens (including phenoxy) is 1. The van der Waals surface area contributed by atoms with E-state index in [-0.39, 0.29) is 12.0 Å². The number of para-hydroxylation sites is 1. The molecule has 3 rings (SSSR count). The quantitative estimate of drug-likeness (QED) is 0.555. The normalized spacial score (nSPS) is 11.3. The molecule has 1 amide bonds. The maximum atomic E-state index is 12.1. The van der Waals surface area contributed by atoms with Crippen molar-refractivity contribution in [2.75, 3.05) is 0 Å². The highest BCUT2D eigenvalue weighted by atomic mass is 16.5. The highest BCUT2D eigenvalue weighted by Crippen LogP contribution is 2.16. The molecule has 0 atom stereocenters. The molecule has 5 nitrogen and oxygen atoms in total. The monoisotopic (exact) mass is 321 g/mol. The van der Waals surface area contributed by atoms with Crippen LogP contribution >= 0.6 is 0 Å². The van der Waals surface area contributed by atoms with Crippen LogP contribution in [0.5, 0.6) is 5.75 Å². The summed E-state index contributed by atoms with van der Waals surface area (Å²) in [7, 11) is 0. The molecule has 0 aliphatic carbocycles. The van der Waals surface area contributed by atoms with Gasteiger partial charge < -0.3 is 9.72 Å². The molecule has 0 unspecified atom stereocenters. The number of aromatic amines is 1. The summed E-state index contributed by atoms with van der Waals surface area (Å²) >= 11 is 0. The summed E-state index contributed by atoms with van der Waals surface area (Å²) < 4.78 is 5.56. The lowest BCUT2D eigenvalue weighted by molar-refractivity contribution is 0.0955. The number of hydrogen-bond donors (Lipinski definition) is 2. The lowest BCUT2D eigenvalue weighted by atomic mass is 10.2. The molecule has 24 heavy (non-hydrogen) atoms. The molecule has 1 aromatic heterocycles. The minimum atomic E-state index is -0.262. The fourth-order valence-electron chi connectivity index (χ4n) is 2.38. The van der Waals surface area contributed by atoms with Gasteiger partial charge >= 0.3 is 0 Å². The van der Waals surface area contributed by atoms with Gasteiger partial charge in [0.05, 0.1) is 12.3 Å². The van der Waals surface area contributed by atoms with E-state index in [0.717, 1.165) is 22.2 Å². The van der Waals surface area contributed by atoms with Gasteiger partial charge in [-0.15, -0.1) is 0 Å². The molecule has 1 heterocycles. The van der Waals surface area contributed by atoms with Gasteiger partial charge in [0.15, 0.2) is 0 Å². The summed E-state index contributed by atoms with van der Waals surface area (Å²) in [6.07, 6.45) is 3.59. The largest absolute Gasteiger partial charge is 0.491 e. The first-order valence-electron chi connectivity index (χ1n) is 7.80. The third-order valence-corrected chi connectivity index (χ3v) is 3.48. The van der Waals surface area contributed by atoms with E-state index in [1.54, 1.807) is 30.5 Å². The SMILES string of the molecule is CC(C)Oc1ccc(C(=O)N/N=C/c2c[nH]c3ccccc23)cc1. The molecule has 2 N–H and O–H groups in total. The highest BCUT2D eigenvalue weighted by Gasteiger charge is 2.05. The van der Waals surface area contributed by atoms with Gasteiger partial charge in [-0.1, -0.05) is 18.2 Å². The van der Waals surface area contributed by atoms with Crippen molar-refractivity contribution < 1.29 is 9.53 Å². The van der Waals surface area contributed by atoms with Crippen LogP contribution in [0.15, 0.2) is 59.8 Å². The molecule has 0 saturated carbocycles. The lowest BCUT2D eigenvalue weighted by Gasteiger charge is -2.09. The van der Waals surface area contributed by atoms with E-state index in [1.165, 1.54) is 0 Å². The summed E-state index contributed by atoms with van der Waals surface area (Å²) in [6.45, 7) is 3.92. The van der Waals surface area contributed by atoms with Crippen molar-refractivity contribution in [2.45, 2.75) is 20.0 Å². The summed E-state index contributed by atoms with van der Waals surface area (Å²) in [5.74, 6) is 0.478. The van der Waals surface area contributed by atoms with Crippen molar-refractivity contribution in [2.24, 2.45) is 5.10 Å². The van der Waals surface area contributed by atoms with Gasteiger partial charge in [-0.25, -0.2) is 5.43 Å². The van der Waals surface area contributed by atoms with Crippen molar-refractivity contribution in [3.8, 4) is 5.75 Å². The van der Waals surface area contributed by atoms with Gasteiger partial charge in [-0.2, -0.15) is 5.10 Å². The lowest BCUT2D eigenvalue weighted by Crippen LogP contribution is -2.17. The summed E-state index contributed by atoms with van der Waals surface area (Å²) in [6, 6.07) is 14.9. The van der Waals surface area contributed by atoms with Crippen molar-refractivity contribution in [1.29, 1.82) is 0 Å². The first-order valence-corrected chi connectivity index (χ1v) is 7.80. The number of carbonyl (C=O) groups excluding carboxylic acids is 1. The molecule has 0 spiro atoms. The molecule has 0 aliphatic heterocycles. The van der Waals surface area contributed by atoms with Crippen LogP contribution in [0.25, 0.3) is 10.9 Å². The predicted octanol–water partition coefficient (Wildman–Crippen LogP) is 3.72. The van der Waals surface area contributed by atoms with Crippen LogP contribution in [0, 0.1) is 0 Å². The van der Waals surface area contributed by atoms with E-state index in [0.29, 0.717) is 5.56 Å². The van der Waals surface area contributed by atoms with Crippen LogP contribution < -0.4 is 10.2 Å². The van der Waals surface area contributed by atoms with Crippen LogP contribution in [-0.2, 0) is 0 Å². The van der Waals surface area contributed by atoms with E-state index in [1.807, 2.05) is 44.3 Å². The van der Waals surface area contributed by atoms with E-state index < -0.39 is 0 Å². The number of nitrogens with one attached hydrogen (secondary N) is 2. The third kappa shape index (κ3) is 3.63. The molecule has 0 saturated heterocycles. The maximum Gasteiger partial charge on any atom is 0.271 e. The minimum absolute atomic E-state index is 0.102. The second kappa shape index (κ2) is 7.00. The number of benzene rings is 2. The fourth-order valence-corrected chi connectivity index (χ4v) is 2.38. The molecule has 0 radical (unpaired) electrons. The second-order valence-electron chi connectivity index (χ2n) is 5.68. The van der Waals surface area contributed by atoms with Gasteiger partial charge in [0.2, 0.25) is 0 Å². The highest BCUT2D eigenvalue weighted by molar-refractivity contribution is 6.00.